The van der Waals surface area contributed by atoms with Crippen molar-refractivity contribution in [3.8, 4) is 10.8 Å². The van der Waals surface area contributed by atoms with Gasteiger partial charge in [-0.15, -0.1) is 11.3 Å². The second kappa shape index (κ2) is 6.38. The van der Waals surface area contributed by atoms with Crippen molar-refractivity contribution < 1.29 is 9.21 Å². The molecule has 118 valence electrons. The van der Waals surface area contributed by atoms with Crippen molar-refractivity contribution >= 4 is 22.9 Å². The zero-order valence-electron chi connectivity index (χ0n) is 13.3. The van der Waals surface area contributed by atoms with Gasteiger partial charge in [0.25, 0.3) is 0 Å². The first kappa shape index (κ1) is 15.5. The molecule has 0 radical (unpaired) electrons. The van der Waals surface area contributed by atoms with E-state index in [-0.39, 0.29) is 12.3 Å². The molecule has 4 nitrogen and oxygen atoms in total. The van der Waals surface area contributed by atoms with Gasteiger partial charge >= 0.3 is 0 Å². The Balaban J connectivity index is 1.73. The van der Waals surface area contributed by atoms with Gasteiger partial charge in [0.2, 0.25) is 11.8 Å². The van der Waals surface area contributed by atoms with Gasteiger partial charge in [-0.25, -0.2) is 4.98 Å². The van der Waals surface area contributed by atoms with Crippen molar-refractivity contribution in [2.75, 3.05) is 5.32 Å². The molecule has 0 aliphatic carbocycles. The van der Waals surface area contributed by atoms with E-state index in [1.807, 2.05) is 56.5 Å². The van der Waals surface area contributed by atoms with Gasteiger partial charge in [-0.1, -0.05) is 23.8 Å². The summed E-state index contributed by atoms with van der Waals surface area (Å²) in [6, 6.07) is 9.86. The van der Waals surface area contributed by atoms with Gasteiger partial charge in [-0.3, -0.25) is 4.79 Å². The lowest BCUT2D eigenvalue weighted by Gasteiger charge is -2.08. The molecule has 0 saturated carbocycles. The number of nitrogens with zero attached hydrogens (tertiary/aromatic N) is 1. The molecule has 1 N–H and O–H groups in total. The van der Waals surface area contributed by atoms with Crippen LogP contribution in [0.2, 0.25) is 0 Å². The van der Waals surface area contributed by atoms with E-state index in [1.165, 1.54) is 5.56 Å². The largest absolute Gasteiger partial charge is 0.440 e. The fourth-order valence-electron chi connectivity index (χ4n) is 2.40. The maximum atomic E-state index is 12.3. The summed E-state index contributed by atoms with van der Waals surface area (Å²) >= 11 is 1.57. The van der Waals surface area contributed by atoms with Crippen LogP contribution in [0, 0.1) is 20.8 Å². The van der Waals surface area contributed by atoms with Crippen LogP contribution in [0.25, 0.3) is 10.8 Å². The van der Waals surface area contributed by atoms with Gasteiger partial charge in [0.05, 0.1) is 17.0 Å². The molecule has 0 aliphatic rings. The lowest BCUT2D eigenvalue weighted by atomic mass is 10.1. The maximum absolute atomic E-state index is 12.3. The van der Waals surface area contributed by atoms with E-state index in [4.69, 9.17) is 4.42 Å². The van der Waals surface area contributed by atoms with Crippen LogP contribution in [0.3, 0.4) is 0 Å². The number of hydrogen-bond donors (Lipinski definition) is 1. The molecule has 5 heteroatoms. The minimum atomic E-state index is -0.0916. The standard InChI is InChI=1S/C18H18N2O2S/c1-11-6-7-14(12(2)9-11)19-17(21)10-15-13(3)22-18(20-15)16-5-4-8-23-16/h4-9H,10H2,1-3H3,(H,19,21). The number of benzene rings is 1. The number of rotatable bonds is 4. The molecule has 0 atom stereocenters. The molecule has 23 heavy (non-hydrogen) atoms. The molecule has 3 rings (SSSR count). The summed E-state index contributed by atoms with van der Waals surface area (Å²) < 4.78 is 5.67. The molecule has 2 aromatic heterocycles. The van der Waals surface area contributed by atoms with E-state index in [1.54, 1.807) is 11.3 Å². The van der Waals surface area contributed by atoms with Crippen LogP contribution in [-0.2, 0) is 11.2 Å². The normalized spacial score (nSPS) is 10.7. The minimum Gasteiger partial charge on any atom is -0.440 e. The molecular formula is C18H18N2O2S. The molecule has 0 spiro atoms. The Morgan fingerprint density at radius 1 is 1.26 bits per heavy atom. The summed E-state index contributed by atoms with van der Waals surface area (Å²) in [4.78, 5) is 17.7. The van der Waals surface area contributed by atoms with Crippen LogP contribution >= 0.6 is 11.3 Å². The van der Waals surface area contributed by atoms with Gasteiger partial charge in [0, 0.05) is 5.69 Å². The number of thiophene rings is 1. The first-order valence-electron chi connectivity index (χ1n) is 7.40. The lowest BCUT2D eigenvalue weighted by molar-refractivity contribution is -0.115. The Kier molecular flexibility index (Phi) is 4.30. The first-order valence-corrected chi connectivity index (χ1v) is 8.28. The van der Waals surface area contributed by atoms with Gasteiger partial charge < -0.3 is 9.73 Å². The highest BCUT2D eigenvalue weighted by atomic mass is 32.1. The highest BCUT2D eigenvalue weighted by Crippen LogP contribution is 2.26. The molecule has 0 fully saturated rings. The summed E-state index contributed by atoms with van der Waals surface area (Å²) in [5, 5.41) is 4.91. The Hall–Kier alpha value is -2.40. The highest BCUT2D eigenvalue weighted by Gasteiger charge is 2.15. The molecule has 1 aromatic carbocycles. The van der Waals surface area contributed by atoms with Crippen LogP contribution in [0.15, 0.2) is 40.1 Å². The van der Waals surface area contributed by atoms with E-state index in [0.29, 0.717) is 17.3 Å². The summed E-state index contributed by atoms with van der Waals surface area (Å²) in [5.74, 6) is 1.17. The number of nitrogens with one attached hydrogen (secondary N) is 1. The molecule has 0 saturated heterocycles. The molecule has 0 bridgehead atoms. The number of aromatic nitrogens is 1. The molecular weight excluding hydrogens is 308 g/mol. The predicted octanol–water partition coefficient (Wildman–Crippen LogP) is 4.51. The van der Waals surface area contributed by atoms with Crippen LogP contribution in [0.1, 0.15) is 22.6 Å². The van der Waals surface area contributed by atoms with Crippen molar-refractivity contribution in [1.29, 1.82) is 0 Å². The summed E-state index contributed by atoms with van der Waals surface area (Å²) in [5.41, 5.74) is 3.74. The number of anilines is 1. The van der Waals surface area contributed by atoms with Crippen molar-refractivity contribution in [3.63, 3.8) is 0 Å². The summed E-state index contributed by atoms with van der Waals surface area (Å²) in [6.45, 7) is 5.85. The third-order valence-corrected chi connectivity index (χ3v) is 4.47. The third-order valence-electron chi connectivity index (χ3n) is 3.61. The van der Waals surface area contributed by atoms with Crippen LogP contribution in [0.5, 0.6) is 0 Å². The smallest absolute Gasteiger partial charge is 0.236 e. The second-order valence-electron chi connectivity index (χ2n) is 5.54. The SMILES string of the molecule is Cc1ccc(NC(=O)Cc2nc(-c3cccs3)oc2C)c(C)c1. The molecule has 2 heterocycles. The van der Waals surface area contributed by atoms with Crippen molar-refractivity contribution in [2.45, 2.75) is 27.2 Å². The van der Waals surface area contributed by atoms with E-state index >= 15 is 0 Å². The van der Waals surface area contributed by atoms with Gasteiger partial charge in [-0.2, -0.15) is 0 Å². The van der Waals surface area contributed by atoms with E-state index < -0.39 is 0 Å². The minimum absolute atomic E-state index is 0.0916. The van der Waals surface area contributed by atoms with E-state index in [0.717, 1.165) is 16.1 Å². The van der Waals surface area contributed by atoms with Gasteiger partial charge in [0.15, 0.2) is 0 Å². The van der Waals surface area contributed by atoms with E-state index in [9.17, 15) is 4.79 Å². The summed E-state index contributed by atoms with van der Waals surface area (Å²) in [7, 11) is 0. The Morgan fingerprint density at radius 3 is 2.78 bits per heavy atom. The van der Waals surface area contributed by atoms with Crippen molar-refractivity contribution in [1.82, 2.24) is 4.98 Å². The molecule has 0 aliphatic heterocycles. The Morgan fingerprint density at radius 2 is 2.09 bits per heavy atom. The predicted molar refractivity (Wildman–Crippen MR) is 92.8 cm³/mol. The number of aryl methyl sites for hydroxylation is 3. The molecule has 1 amide bonds. The van der Waals surface area contributed by atoms with Crippen LogP contribution in [-0.4, -0.2) is 10.9 Å². The molecule has 3 aromatic rings. The zero-order valence-corrected chi connectivity index (χ0v) is 14.2. The number of carbonyl (C=O) groups is 1. The first-order chi connectivity index (χ1) is 11.0. The monoisotopic (exact) mass is 326 g/mol. The van der Waals surface area contributed by atoms with Gasteiger partial charge in [0.1, 0.15) is 5.76 Å². The number of oxazole rings is 1. The topological polar surface area (TPSA) is 55.1 Å². The Labute approximate surface area is 139 Å². The number of carbonyl (C=O) groups excluding carboxylic acids is 1. The van der Waals surface area contributed by atoms with Crippen molar-refractivity contribution in [3.05, 3.63) is 58.3 Å². The third kappa shape index (κ3) is 3.51. The fraction of sp³-hybridized carbons (Fsp3) is 0.222. The maximum Gasteiger partial charge on any atom is 0.236 e. The quantitative estimate of drug-likeness (QED) is 0.767. The second-order valence-corrected chi connectivity index (χ2v) is 6.49. The van der Waals surface area contributed by atoms with Crippen LogP contribution in [0.4, 0.5) is 5.69 Å². The number of hydrogen-bond acceptors (Lipinski definition) is 4. The number of amides is 1. The lowest BCUT2D eigenvalue weighted by Crippen LogP contribution is -2.15. The summed E-state index contributed by atoms with van der Waals surface area (Å²) in [6.07, 6.45) is 0.202. The van der Waals surface area contributed by atoms with E-state index in [2.05, 4.69) is 10.3 Å². The average molecular weight is 326 g/mol. The average Bonchev–Trinajstić information content (AvgIpc) is 3.13. The van der Waals surface area contributed by atoms with Gasteiger partial charge in [-0.05, 0) is 43.8 Å². The molecule has 0 unspecified atom stereocenters. The fourth-order valence-corrected chi connectivity index (χ4v) is 3.05. The highest BCUT2D eigenvalue weighted by molar-refractivity contribution is 7.13. The van der Waals surface area contributed by atoms with Crippen molar-refractivity contribution in [2.24, 2.45) is 0 Å². The Bertz CT molecular complexity index is 835. The van der Waals surface area contributed by atoms with Crippen LogP contribution < -0.4 is 5.32 Å². The zero-order chi connectivity index (χ0) is 16.4.